The highest BCUT2D eigenvalue weighted by Gasteiger charge is 2.15. The monoisotopic (exact) mass is 398 g/mol. The van der Waals surface area contributed by atoms with Crippen molar-refractivity contribution in [1.82, 2.24) is 0 Å². The molecule has 140 valence electrons. The van der Waals surface area contributed by atoms with Gasteiger partial charge in [0.25, 0.3) is 0 Å². The maximum Gasteiger partial charge on any atom is 0.224 e. The van der Waals surface area contributed by atoms with Crippen LogP contribution in [0.1, 0.15) is 36.2 Å². The Morgan fingerprint density at radius 1 is 1.15 bits per heavy atom. The van der Waals surface area contributed by atoms with Crippen LogP contribution in [0.25, 0.3) is 0 Å². The van der Waals surface area contributed by atoms with Gasteiger partial charge in [-0.15, -0.1) is 0 Å². The standard InChI is InChI=1S/C21H22N2O2S2/c1-14(2)11-20(25)22-17-9-7-15(8-10-17)19(24)13-27-21-23-18-6-4-3-5-16(18)12-26-21/h3-10,14H,11-13H2,1-2H3,(H,22,25). The molecule has 2 aromatic rings. The normalized spacial score (nSPS) is 13.1. The second-order valence-electron chi connectivity index (χ2n) is 6.73. The number of nitrogens with zero attached hydrogens (tertiary/aromatic N) is 1. The number of hydrogen-bond donors (Lipinski definition) is 1. The van der Waals surface area contributed by atoms with Gasteiger partial charge in [0.15, 0.2) is 5.78 Å². The smallest absolute Gasteiger partial charge is 0.224 e. The van der Waals surface area contributed by atoms with Gasteiger partial charge < -0.3 is 5.32 Å². The molecule has 1 N–H and O–H groups in total. The van der Waals surface area contributed by atoms with E-state index in [4.69, 9.17) is 0 Å². The maximum atomic E-state index is 12.4. The molecular formula is C21H22N2O2S2. The molecule has 0 radical (unpaired) electrons. The van der Waals surface area contributed by atoms with Crippen molar-refractivity contribution in [3.05, 3.63) is 59.7 Å². The van der Waals surface area contributed by atoms with Crippen LogP contribution in [0.2, 0.25) is 0 Å². The zero-order valence-electron chi connectivity index (χ0n) is 15.4. The molecule has 1 amide bonds. The molecule has 3 rings (SSSR count). The van der Waals surface area contributed by atoms with Gasteiger partial charge in [0, 0.05) is 23.4 Å². The van der Waals surface area contributed by atoms with Crippen molar-refractivity contribution in [2.45, 2.75) is 26.0 Å². The number of rotatable bonds is 6. The van der Waals surface area contributed by atoms with Crippen molar-refractivity contribution in [2.24, 2.45) is 10.9 Å². The molecule has 0 saturated heterocycles. The molecule has 1 aliphatic heterocycles. The van der Waals surface area contributed by atoms with Gasteiger partial charge in [0.2, 0.25) is 5.91 Å². The molecule has 2 aromatic carbocycles. The van der Waals surface area contributed by atoms with E-state index in [2.05, 4.69) is 16.4 Å². The molecule has 27 heavy (non-hydrogen) atoms. The number of carbonyl (C=O) groups is 2. The first-order chi connectivity index (χ1) is 13.0. The minimum Gasteiger partial charge on any atom is -0.326 e. The SMILES string of the molecule is CC(C)CC(=O)Nc1ccc(C(=O)CSC2=Nc3ccccc3CS2)cc1. The molecular weight excluding hydrogens is 376 g/mol. The summed E-state index contributed by atoms with van der Waals surface area (Å²) in [6.07, 6.45) is 0.486. The predicted molar refractivity (Wildman–Crippen MR) is 116 cm³/mol. The highest BCUT2D eigenvalue weighted by molar-refractivity contribution is 8.38. The Bertz CT molecular complexity index is 861. The number of benzene rings is 2. The van der Waals surface area contributed by atoms with Crippen molar-refractivity contribution in [1.29, 1.82) is 0 Å². The summed E-state index contributed by atoms with van der Waals surface area (Å²) in [5.41, 5.74) is 3.58. The third-order valence-electron chi connectivity index (χ3n) is 3.97. The van der Waals surface area contributed by atoms with Gasteiger partial charge in [-0.3, -0.25) is 9.59 Å². The summed E-state index contributed by atoms with van der Waals surface area (Å²) in [7, 11) is 0. The van der Waals surface area contributed by atoms with E-state index in [0.29, 0.717) is 29.3 Å². The minimum absolute atomic E-state index is 0.00718. The number of anilines is 1. The number of para-hydroxylation sites is 1. The molecule has 0 aromatic heterocycles. The van der Waals surface area contributed by atoms with E-state index in [1.165, 1.54) is 17.3 Å². The number of Topliss-reactive ketones (excluding diaryl/α,β-unsaturated/α-hetero) is 1. The second kappa shape index (κ2) is 9.24. The Hall–Kier alpha value is -2.05. The number of fused-ring (bicyclic) bond motifs is 1. The average Bonchev–Trinajstić information content (AvgIpc) is 2.66. The summed E-state index contributed by atoms with van der Waals surface area (Å²) in [6.45, 7) is 4.01. The number of ketones is 1. The summed E-state index contributed by atoms with van der Waals surface area (Å²) in [6, 6.07) is 15.2. The molecule has 4 nitrogen and oxygen atoms in total. The lowest BCUT2D eigenvalue weighted by Crippen LogP contribution is -2.14. The van der Waals surface area contributed by atoms with E-state index in [1.807, 2.05) is 32.0 Å². The van der Waals surface area contributed by atoms with Gasteiger partial charge in [0.05, 0.1) is 11.4 Å². The van der Waals surface area contributed by atoms with Crippen LogP contribution in [-0.2, 0) is 10.5 Å². The third-order valence-corrected chi connectivity index (χ3v) is 6.21. The van der Waals surface area contributed by atoms with Gasteiger partial charge in [-0.1, -0.05) is 55.6 Å². The van der Waals surface area contributed by atoms with Crippen LogP contribution in [0.15, 0.2) is 53.5 Å². The molecule has 0 unspecified atom stereocenters. The fourth-order valence-corrected chi connectivity index (χ4v) is 4.58. The lowest BCUT2D eigenvalue weighted by Gasteiger charge is -2.14. The maximum absolute atomic E-state index is 12.4. The summed E-state index contributed by atoms with van der Waals surface area (Å²) in [4.78, 5) is 28.9. The number of hydrogen-bond acceptors (Lipinski definition) is 5. The van der Waals surface area contributed by atoms with Crippen LogP contribution in [0, 0.1) is 5.92 Å². The predicted octanol–water partition coefficient (Wildman–Crippen LogP) is 5.52. The fraction of sp³-hybridized carbons (Fsp3) is 0.286. The molecule has 1 aliphatic rings. The lowest BCUT2D eigenvalue weighted by molar-refractivity contribution is -0.116. The molecule has 0 fully saturated rings. The molecule has 0 bridgehead atoms. The summed E-state index contributed by atoms with van der Waals surface area (Å²) in [5, 5.41) is 2.85. The third kappa shape index (κ3) is 5.71. The Balaban J connectivity index is 1.54. The number of thioether (sulfide) groups is 2. The van der Waals surface area contributed by atoms with Crippen molar-refractivity contribution in [2.75, 3.05) is 11.1 Å². The Morgan fingerprint density at radius 3 is 2.63 bits per heavy atom. The topological polar surface area (TPSA) is 58.5 Å². The summed E-state index contributed by atoms with van der Waals surface area (Å²) >= 11 is 3.15. The van der Waals surface area contributed by atoms with Gasteiger partial charge in [-0.2, -0.15) is 0 Å². The van der Waals surface area contributed by atoms with Crippen LogP contribution in [0.4, 0.5) is 11.4 Å². The first kappa shape index (κ1) is 19.7. The van der Waals surface area contributed by atoms with Crippen LogP contribution >= 0.6 is 23.5 Å². The summed E-state index contributed by atoms with van der Waals surface area (Å²) < 4.78 is 0.930. The average molecular weight is 399 g/mol. The first-order valence-corrected chi connectivity index (χ1v) is 10.8. The van der Waals surface area contributed by atoms with E-state index in [1.54, 1.807) is 36.0 Å². The Morgan fingerprint density at radius 2 is 1.89 bits per heavy atom. The zero-order chi connectivity index (χ0) is 19.2. The van der Waals surface area contributed by atoms with E-state index in [0.717, 1.165) is 15.8 Å². The van der Waals surface area contributed by atoms with E-state index >= 15 is 0 Å². The highest BCUT2D eigenvalue weighted by Crippen LogP contribution is 2.34. The number of amides is 1. The van der Waals surface area contributed by atoms with Crippen molar-refractivity contribution in [3.63, 3.8) is 0 Å². The first-order valence-electron chi connectivity index (χ1n) is 8.86. The van der Waals surface area contributed by atoms with Gasteiger partial charge >= 0.3 is 0 Å². The van der Waals surface area contributed by atoms with E-state index < -0.39 is 0 Å². The van der Waals surface area contributed by atoms with Crippen molar-refractivity contribution in [3.8, 4) is 0 Å². The molecule has 0 atom stereocenters. The van der Waals surface area contributed by atoms with Crippen LogP contribution < -0.4 is 5.32 Å². The van der Waals surface area contributed by atoms with Crippen LogP contribution in [0.3, 0.4) is 0 Å². The second-order valence-corrected chi connectivity index (χ2v) is 8.92. The Labute approximate surface area is 168 Å². The fourth-order valence-electron chi connectivity index (χ4n) is 2.62. The molecule has 0 saturated carbocycles. The van der Waals surface area contributed by atoms with Crippen LogP contribution in [0.5, 0.6) is 0 Å². The van der Waals surface area contributed by atoms with E-state index in [-0.39, 0.29) is 11.7 Å². The largest absolute Gasteiger partial charge is 0.326 e. The number of nitrogens with one attached hydrogen (secondary N) is 1. The number of aliphatic imine (C=N–C) groups is 1. The Kier molecular flexibility index (Phi) is 6.74. The lowest BCUT2D eigenvalue weighted by atomic mass is 10.1. The minimum atomic E-state index is -0.00718. The molecule has 1 heterocycles. The summed E-state index contributed by atoms with van der Waals surface area (Å²) in [5.74, 6) is 1.61. The highest BCUT2D eigenvalue weighted by atomic mass is 32.2. The van der Waals surface area contributed by atoms with E-state index in [9.17, 15) is 9.59 Å². The van der Waals surface area contributed by atoms with Gasteiger partial charge in [-0.05, 0) is 41.8 Å². The molecule has 0 aliphatic carbocycles. The van der Waals surface area contributed by atoms with Crippen LogP contribution in [-0.4, -0.2) is 21.8 Å². The molecule has 0 spiro atoms. The number of carbonyl (C=O) groups excluding carboxylic acids is 2. The van der Waals surface area contributed by atoms with Gasteiger partial charge in [-0.25, -0.2) is 4.99 Å². The quantitative estimate of drug-likeness (QED) is 0.651. The van der Waals surface area contributed by atoms with Crippen molar-refractivity contribution < 1.29 is 9.59 Å². The molecule has 6 heteroatoms. The zero-order valence-corrected chi connectivity index (χ0v) is 17.0. The van der Waals surface area contributed by atoms with Gasteiger partial charge in [0.1, 0.15) is 4.38 Å². The van der Waals surface area contributed by atoms with Crippen molar-refractivity contribution >= 4 is 51.0 Å².